The summed E-state index contributed by atoms with van der Waals surface area (Å²) in [6, 6.07) is 5.89. The van der Waals surface area contributed by atoms with Crippen molar-refractivity contribution in [3.8, 4) is 17.6 Å². The third kappa shape index (κ3) is 4.75. The number of rotatable bonds is 4. The molecule has 1 aliphatic rings. The Morgan fingerprint density at radius 2 is 2.29 bits per heavy atom. The molecule has 0 spiro atoms. The van der Waals surface area contributed by atoms with Gasteiger partial charge >= 0.3 is 0 Å². The second-order valence-electron chi connectivity index (χ2n) is 5.33. The molecule has 1 saturated heterocycles. The fourth-order valence-electron chi connectivity index (χ4n) is 2.62. The molecule has 114 valence electrons. The van der Waals surface area contributed by atoms with E-state index < -0.39 is 0 Å². The standard InChI is InChI=1S/C17H23NO3/c1-21-17-8-7-14(5-2-3-10-19)11-15(17)12-18-9-4-6-16(20)13-18/h7-8,11,16,19-20H,3-4,6,9-10,12-13H2,1H3. The normalized spacial score (nSPS) is 18.9. The molecular formula is C17H23NO3. The number of methoxy groups -OCH3 is 1. The second-order valence-corrected chi connectivity index (χ2v) is 5.33. The fraction of sp³-hybridized carbons (Fsp3) is 0.529. The van der Waals surface area contributed by atoms with Crippen LogP contribution in [-0.4, -0.2) is 48.0 Å². The Balaban J connectivity index is 2.12. The Kier molecular flexibility index (Phi) is 6.06. The summed E-state index contributed by atoms with van der Waals surface area (Å²) in [5, 5.41) is 18.5. The van der Waals surface area contributed by atoms with E-state index in [4.69, 9.17) is 9.84 Å². The zero-order chi connectivity index (χ0) is 15.1. The SMILES string of the molecule is COc1ccc(C#CCCO)cc1CN1CCCC(O)C1. The lowest BCUT2D eigenvalue weighted by Crippen LogP contribution is -2.37. The molecule has 21 heavy (non-hydrogen) atoms. The van der Waals surface area contributed by atoms with Crippen molar-refractivity contribution >= 4 is 0 Å². The Morgan fingerprint density at radius 3 is 3.00 bits per heavy atom. The van der Waals surface area contributed by atoms with Crippen molar-refractivity contribution in [1.82, 2.24) is 4.90 Å². The van der Waals surface area contributed by atoms with E-state index in [2.05, 4.69) is 16.7 Å². The molecule has 1 aromatic rings. The molecule has 1 atom stereocenters. The van der Waals surface area contributed by atoms with Crippen molar-refractivity contribution in [3.63, 3.8) is 0 Å². The average Bonchev–Trinajstić information content (AvgIpc) is 2.48. The molecule has 1 unspecified atom stereocenters. The molecule has 0 bridgehead atoms. The minimum Gasteiger partial charge on any atom is -0.496 e. The van der Waals surface area contributed by atoms with Crippen LogP contribution in [0.5, 0.6) is 5.75 Å². The minimum atomic E-state index is -0.225. The van der Waals surface area contributed by atoms with Crippen molar-refractivity contribution in [2.24, 2.45) is 0 Å². The van der Waals surface area contributed by atoms with Crippen LogP contribution >= 0.6 is 0 Å². The maximum absolute atomic E-state index is 9.76. The molecule has 0 saturated carbocycles. The molecule has 0 aliphatic carbocycles. The summed E-state index contributed by atoms with van der Waals surface area (Å²) in [5.41, 5.74) is 2.01. The highest BCUT2D eigenvalue weighted by Gasteiger charge is 2.18. The van der Waals surface area contributed by atoms with Crippen molar-refractivity contribution in [1.29, 1.82) is 0 Å². The van der Waals surface area contributed by atoms with Crippen LogP contribution in [0.4, 0.5) is 0 Å². The van der Waals surface area contributed by atoms with Gasteiger partial charge in [0, 0.05) is 30.6 Å². The van der Waals surface area contributed by atoms with E-state index in [0.717, 1.165) is 42.8 Å². The summed E-state index contributed by atoms with van der Waals surface area (Å²) in [5.74, 6) is 6.83. The summed E-state index contributed by atoms with van der Waals surface area (Å²) in [6.07, 6.45) is 2.18. The van der Waals surface area contributed by atoms with Crippen molar-refractivity contribution < 1.29 is 14.9 Å². The van der Waals surface area contributed by atoms with Gasteiger partial charge in [0.1, 0.15) is 5.75 Å². The summed E-state index contributed by atoms with van der Waals surface area (Å²) < 4.78 is 5.42. The number of hydrogen-bond acceptors (Lipinski definition) is 4. The van der Waals surface area contributed by atoms with Gasteiger partial charge in [-0.05, 0) is 37.6 Å². The number of benzene rings is 1. The number of aliphatic hydroxyl groups excluding tert-OH is 2. The number of ether oxygens (including phenoxy) is 1. The van der Waals surface area contributed by atoms with E-state index in [1.807, 2.05) is 18.2 Å². The second kappa shape index (κ2) is 8.04. The summed E-state index contributed by atoms with van der Waals surface area (Å²) in [4.78, 5) is 2.25. The lowest BCUT2D eigenvalue weighted by atomic mass is 10.1. The first kappa shape index (κ1) is 15.8. The van der Waals surface area contributed by atoms with Gasteiger partial charge in [-0.2, -0.15) is 0 Å². The number of likely N-dealkylation sites (tertiary alicyclic amines) is 1. The van der Waals surface area contributed by atoms with Crippen LogP contribution in [0.2, 0.25) is 0 Å². The summed E-state index contributed by atoms with van der Waals surface area (Å²) in [6.45, 7) is 2.56. The van der Waals surface area contributed by atoms with Crippen LogP contribution in [0.3, 0.4) is 0 Å². The molecular weight excluding hydrogens is 266 g/mol. The van der Waals surface area contributed by atoms with Crippen molar-refractivity contribution in [2.75, 3.05) is 26.8 Å². The maximum atomic E-state index is 9.76. The number of hydrogen-bond donors (Lipinski definition) is 2. The Bertz CT molecular complexity index is 519. The van der Waals surface area contributed by atoms with E-state index >= 15 is 0 Å². The molecule has 1 fully saturated rings. The van der Waals surface area contributed by atoms with Crippen LogP contribution in [0.15, 0.2) is 18.2 Å². The molecule has 0 amide bonds. The molecule has 2 N–H and O–H groups in total. The van der Waals surface area contributed by atoms with Gasteiger partial charge in [0.15, 0.2) is 0 Å². The van der Waals surface area contributed by atoms with E-state index in [0.29, 0.717) is 13.0 Å². The monoisotopic (exact) mass is 289 g/mol. The van der Waals surface area contributed by atoms with Crippen LogP contribution in [0.25, 0.3) is 0 Å². The third-order valence-electron chi connectivity index (χ3n) is 3.62. The van der Waals surface area contributed by atoms with Crippen molar-refractivity contribution in [3.05, 3.63) is 29.3 Å². The molecule has 1 heterocycles. The largest absolute Gasteiger partial charge is 0.496 e. The van der Waals surface area contributed by atoms with Crippen LogP contribution in [-0.2, 0) is 6.54 Å². The molecule has 1 aliphatic heterocycles. The smallest absolute Gasteiger partial charge is 0.123 e. The number of piperidine rings is 1. The zero-order valence-corrected chi connectivity index (χ0v) is 12.5. The predicted molar refractivity (Wildman–Crippen MR) is 82.1 cm³/mol. The lowest BCUT2D eigenvalue weighted by molar-refractivity contribution is 0.0664. The van der Waals surface area contributed by atoms with Crippen LogP contribution in [0, 0.1) is 11.8 Å². The highest BCUT2D eigenvalue weighted by molar-refractivity contribution is 5.44. The topological polar surface area (TPSA) is 52.9 Å². The number of nitrogens with zero attached hydrogens (tertiary/aromatic N) is 1. The van der Waals surface area contributed by atoms with Gasteiger partial charge in [-0.1, -0.05) is 11.8 Å². The summed E-state index contributed by atoms with van der Waals surface area (Å²) >= 11 is 0. The highest BCUT2D eigenvalue weighted by Crippen LogP contribution is 2.23. The van der Waals surface area contributed by atoms with Gasteiger partial charge in [-0.3, -0.25) is 4.90 Å². The molecule has 4 nitrogen and oxygen atoms in total. The Labute approximate surface area is 126 Å². The third-order valence-corrected chi connectivity index (χ3v) is 3.62. The average molecular weight is 289 g/mol. The molecule has 0 radical (unpaired) electrons. The molecule has 4 heteroatoms. The van der Waals surface area contributed by atoms with Gasteiger partial charge in [-0.15, -0.1) is 0 Å². The van der Waals surface area contributed by atoms with Gasteiger partial charge in [0.05, 0.1) is 19.8 Å². The van der Waals surface area contributed by atoms with Gasteiger partial charge < -0.3 is 14.9 Å². The van der Waals surface area contributed by atoms with E-state index in [1.54, 1.807) is 7.11 Å². The first-order valence-electron chi connectivity index (χ1n) is 7.40. The summed E-state index contributed by atoms with van der Waals surface area (Å²) in [7, 11) is 1.67. The van der Waals surface area contributed by atoms with Crippen LogP contribution < -0.4 is 4.74 Å². The van der Waals surface area contributed by atoms with E-state index in [-0.39, 0.29) is 12.7 Å². The number of β-amino-alcohol motifs (C(OH)–C–C–N with tert-alkyl or cyclic N) is 1. The molecule has 1 aromatic carbocycles. The van der Waals surface area contributed by atoms with E-state index in [9.17, 15) is 5.11 Å². The highest BCUT2D eigenvalue weighted by atomic mass is 16.5. The lowest BCUT2D eigenvalue weighted by Gasteiger charge is -2.30. The zero-order valence-electron chi connectivity index (χ0n) is 12.5. The maximum Gasteiger partial charge on any atom is 0.123 e. The van der Waals surface area contributed by atoms with Gasteiger partial charge in [0.25, 0.3) is 0 Å². The molecule has 2 rings (SSSR count). The first-order valence-corrected chi connectivity index (χ1v) is 7.40. The molecule has 0 aromatic heterocycles. The van der Waals surface area contributed by atoms with Gasteiger partial charge in [-0.25, -0.2) is 0 Å². The number of aliphatic hydroxyl groups is 2. The predicted octanol–water partition coefficient (Wildman–Crippen LogP) is 1.39. The van der Waals surface area contributed by atoms with Crippen molar-refractivity contribution in [2.45, 2.75) is 31.9 Å². The Hall–Kier alpha value is -1.54. The van der Waals surface area contributed by atoms with E-state index in [1.165, 1.54) is 0 Å². The minimum absolute atomic E-state index is 0.0850. The Morgan fingerprint density at radius 1 is 1.43 bits per heavy atom. The van der Waals surface area contributed by atoms with Gasteiger partial charge in [0.2, 0.25) is 0 Å². The first-order chi connectivity index (χ1) is 10.2. The fourth-order valence-corrected chi connectivity index (χ4v) is 2.62. The van der Waals surface area contributed by atoms with Crippen LogP contribution in [0.1, 0.15) is 30.4 Å². The quantitative estimate of drug-likeness (QED) is 0.822.